The second-order valence-electron chi connectivity index (χ2n) is 6.25. The van der Waals surface area contributed by atoms with Crippen LogP contribution in [0.1, 0.15) is 11.1 Å². The molecule has 26 heavy (non-hydrogen) atoms. The van der Waals surface area contributed by atoms with E-state index < -0.39 is 0 Å². The highest BCUT2D eigenvalue weighted by Crippen LogP contribution is 2.19. The maximum absolute atomic E-state index is 12.9. The van der Waals surface area contributed by atoms with Crippen LogP contribution in [0.5, 0.6) is 0 Å². The smallest absolute Gasteiger partial charge is 0.329 e. The molecule has 0 aliphatic carbocycles. The number of esters is 1. The SMILES string of the molecule is CN(c1ccccc1)C(Cc1ccccc1)C(=O)OCc1ccccc1. The molecule has 3 heteroatoms. The Morgan fingerprint density at radius 1 is 0.808 bits per heavy atom. The largest absolute Gasteiger partial charge is 0.459 e. The molecule has 0 bridgehead atoms. The summed E-state index contributed by atoms with van der Waals surface area (Å²) >= 11 is 0. The van der Waals surface area contributed by atoms with Gasteiger partial charge >= 0.3 is 5.97 Å². The molecule has 0 fully saturated rings. The molecule has 3 aromatic rings. The van der Waals surface area contributed by atoms with Gasteiger partial charge in [-0.2, -0.15) is 0 Å². The summed E-state index contributed by atoms with van der Waals surface area (Å²) in [5.74, 6) is -0.218. The van der Waals surface area contributed by atoms with Gasteiger partial charge in [-0.1, -0.05) is 78.9 Å². The maximum atomic E-state index is 12.9. The van der Waals surface area contributed by atoms with Crippen molar-refractivity contribution in [1.29, 1.82) is 0 Å². The molecule has 1 atom stereocenters. The van der Waals surface area contributed by atoms with Gasteiger partial charge in [0.25, 0.3) is 0 Å². The first-order chi connectivity index (χ1) is 12.7. The Hall–Kier alpha value is -3.07. The van der Waals surface area contributed by atoms with E-state index in [1.807, 2.05) is 103 Å². The van der Waals surface area contributed by atoms with Crippen LogP contribution in [0.25, 0.3) is 0 Å². The number of ether oxygens (including phenoxy) is 1. The van der Waals surface area contributed by atoms with Gasteiger partial charge in [0.15, 0.2) is 0 Å². The van der Waals surface area contributed by atoms with E-state index in [9.17, 15) is 4.79 Å². The van der Waals surface area contributed by atoms with Gasteiger partial charge in [-0.05, 0) is 23.3 Å². The van der Waals surface area contributed by atoms with Crippen LogP contribution in [-0.2, 0) is 22.6 Å². The van der Waals surface area contributed by atoms with Gasteiger partial charge < -0.3 is 9.64 Å². The number of carbonyl (C=O) groups excluding carboxylic acids is 1. The minimum Gasteiger partial charge on any atom is -0.459 e. The monoisotopic (exact) mass is 345 g/mol. The van der Waals surface area contributed by atoms with Crippen molar-refractivity contribution < 1.29 is 9.53 Å². The first-order valence-electron chi connectivity index (χ1n) is 8.76. The standard InChI is InChI=1S/C23H23NO2/c1-24(21-15-9-4-10-16-21)22(17-19-11-5-2-6-12-19)23(25)26-18-20-13-7-3-8-14-20/h2-16,22H,17-18H2,1H3. The first kappa shape index (κ1) is 17.7. The number of rotatable bonds is 7. The molecule has 0 saturated heterocycles. The van der Waals surface area contributed by atoms with Crippen molar-refractivity contribution in [2.75, 3.05) is 11.9 Å². The van der Waals surface area contributed by atoms with Crippen LogP contribution in [0.15, 0.2) is 91.0 Å². The second-order valence-corrected chi connectivity index (χ2v) is 6.25. The van der Waals surface area contributed by atoms with Crippen LogP contribution < -0.4 is 4.90 Å². The molecule has 0 aromatic heterocycles. The lowest BCUT2D eigenvalue weighted by atomic mass is 10.0. The molecule has 0 aliphatic rings. The van der Waals surface area contributed by atoms with Gasteiger partial charge in [0.05, 0.1) is 0 Å². The summed E-state index contributed by atoms with van der Waals surface area (Å²) in [7, 11) is 1.94. The van der Waals surface area contributed by atoms with Crippen LogP contribution in [-0.4, -0.2) is 19.1 Å². The molecule has 0 heterocycles. The lowest BCUT2D eigenvalue weighted by Crippen LogP contribution is -2.41. The summed E-state index contributed by atoms with van der Waals surface area (Å²) < 4.78 is 5.62. The van der Waals surface area contributed by atoms with E-state index in [0.717, 1.165) is 16.8 Å². The number of para-hydroxylation sites is 1. The molecule has 3 nitrogen and oxygen atoms in total. The average molecular weight is 345 g/mol. The predicted octanol–water partition coefficient (Wildman–Crippen LogP) is 4.48. The molecule has 0 spiro atoms. The Morgan fingerprint density at radius 3 is 1.88 bits per heavy atom. The zero-order chi connectivity index (χ0) is 18.2. The third kappa shape index (κ3) is 4.73. The predicted molar refractivity (Wildman–Crippen MR) is 105 cm³/mol. The molecule has 0 radical (unpaired) electrons. The number of likely N-dealkylation sites (N-methyl/N-ethyl adjacent to an activating group) is 1. The molecule has 132 valence electrons. The fraction of sp³-hybridized carbons (Fsp3) is 0.174. The Morgan fingerprint density at radius 2 is 1.31 bits per heavy atom. The molecular weight excluding hydrogens is 322 g/mol. The Bertz CT molecular complexity index is 803. The highest BCUT2D eigenvalue weighted by molar-refractivity contribution is 5.80. The van der Waals surface area contributed by atoms with Gasteiger partial charge in [-0.25, -0.2) is 4.79 Å². The fourth-order valence-corrected chi connectivity index (χ4v) is 2.88. The van der Waals surface area contributed by atoms with Crippen molar-refractivity contribution in [3.63, 3.8) is 0 Å². The number of hydrogen-bond donors (Lipinski definition) is 0. The van der Waals surface area contributed by atoms with E-state index in [1.54, 1.807) is 0 Å². The number of hydrogen-bond acceptors (Lipinski definition) is 3. The van der Waals surface area contributed by atoms with E-state index in [1.165, 1.54) is 0 Å². The first-order valence-corrected chi connectivity index (χ1v) is 8.76. The zero-order valence-corrected chi connectivity index (χ0v) is 14.9. The number of anilines is 1. The lowest BCUT2D eigenvalue weighted by Gasteiger charge is -2.28. The minimum atomic E-state index is -0.386. The van der Waals surface area contributed by atoms with Crippen molar-refractivity contribution in [2.24, 2.45) is 0 Å². The Kier molecular flexibility index (Phi) is 6.05. The summed E-state index contributed by atoms with van der Waals surface area (Å²) in [6, 6.07) is 29.3. The van der Waals surface area contributed by atoms with Gasteiger partial charge in [0.1, 0.15) is 12.6 Å². The van der Waals surface area contributed by atoms with Crippen molar-refractivity contribution in [3.8, 4) is 0 Å². The van der Waals surface area contributed by atoms with Crippen LogP contribution in [0.2, 0.25) is 0 Å². The molecule has 0 amide bonds. The third-order valence-electron chi connectivity index (χ3n) is 4.40. The number of carbonyl (C=O) groups is 1. The molecule has 0 aliphatic heterocycles. The van der Waals surface area contributed by atoms with E-state index in [4.69, 9.17) is 4.74 Å². The van der Waals surface area contributed by atoms with Crippen LogP contribution in [0.4, 0.5) is 5.69 Å². The van der Waals surface area contributed by atoms with Gasteiger partial charge in [-0.15, -0.1) is 0 Å². The van der Waals surface area contributed by atoms with E-state index in [0.29, 0.717) is 6.42 Å². The van der Waals surface area contributed by atoms with Gasteiger partial charge in [-0.3, -0.25) is 0 Å². The molecular formula is C23H23NO2. The highest BCUT2D eigenvalue weighted by atomic mass is 16.5. The number of nitrogens with zero attached hydrogens (tertiary/aromatic N) is 1. The maximum Gasteiger partial charge on any atom is 0.329 e. The van der Waals surface area contributed by atoms with E-state index in [2.05, 4.69) is 0 Å². The summed E-state index contributed by atoms with van der Waals surface area (Å²) in [5, 5.41) is 0. The van der Waals surface area contributed by atoms with Crippen LogP contribution >= 0.6 is 0 Å². The molecule has 0 saturated carbocycles. The van der Waals surface area contributed by atoms with Gasteiger partial charge in [0, 0.05) is 19.2 Å². The Labute approximate surface area is 154 Å². The topological polar surface area (TPSA) is 29.5 Å². The average Bonchev–Trinajstić information content (AvgIpc) is 2.72. The number of benzene rings is 3. The molecule has 0 N–H and O–H groups in total. The second kappa shape index (κ2) is 8.86. The zero-order valence-electron chi connectivity index (χ0n) is 14.9. The van der Waals surface area contributed by atoms with E-state index >= 15 is 0 Å². The van der Waals surface area contributed by atoms with Crippen LogP contribution in [0.3, 0.4) is 0 Å². The Balaban J connectivity index is 1.76. The highest BCUT2D eigenvalue weighted by Gasteiger charge is 2.25. The van der Waals surface area contributed by atoms with Crippen molar-refractivity contribution in [1.82, 2.24) is 0 Å². The third-order valence-corrected chi connectivity index (χ3v) is 4.40. The van der Waals surface area contributed by atoms with Crippen LogP contribution in [0, 0.1) is 0 Å². The van der Waals surface area contributed by atoms with Crippen molar-refractivity contribution in [3.05, 3.63) is 102 Å². The lowest BCUT2D eigenvalue weighted by molar-refractivity contribution is -0.146. The summed E-state index contributed by atoms with van der Waals surface area (Å²) in [6.45, 7) is 0.285. The normalized spacial score (nSPS) is 11.6. The van der Waals surface area contributed by atoms with Gasteiger partial charge in [0.2, 0.25) is 0 Å². The minimum absolute atomic E-state index is 0.218. The van der Waals surface area contributed by atoms with Crippen molar-refractivity contribution >= 4 is 11.7 Å². The molecule has 1 unspecified atom stereocenters. The van der Waals surface area contributed by atoms with Crippen molar-refractivity contribution in [2.45, 2.75) is 19.1 Å². The fourth-order valence-electron chi connectivity index (χ4n) is 2.88. The van der Waals surface area contributed by atoms with E-state index in [-0.39, 0.29) is 18.6 Å². The molecule has 3 aromatic carbocycles. The summed E-state index contributed by atoms with van der Waals surface area (Å²) in [6.07, 6.45) is 0.597. The quantitative estimate of drug-likeness (QED) is 0.592. The summed E-state index contributed by atoms with van der Waals surface area (Å²) in [4.78, 5) is 14.9. The summed E-state index contributed by atoms with van der Waals surface area (Å²) in [5.41, 5.74) is 3.09. The molecule has 3 rings (SSSR count).